The maximum atomic E-state index is 12.9. The Kier molecular flexibility index (Phi) is 11.5. The van der Waals surface area contributed by atoms with Crippen molar-refractivity contribution in [2.75, 3.05) is 12.0 Å². The zero-order chi connectivity index (χ0) is 26.5. The molecule has 3 aromatic carbocycles. The summed E-state index contributed by atoms with van der Waals surface area (Å²) in [6, 6.07) is 19.2. The third kappa shape index (κ3) is 7.72. The fourth-order valence-electron chi connectivity index (χ4n) is 3.80. The number of hydrogen-bond acceptors (Lipinski definition) is 4. The van der Waals surface area contributed by atoms with E-state index in [0.29, 0.717) is 32.4 Å². The Labute approximate surface area is 258 Å². The number of benzene rings is 3. The Morgan fingerprint density at radius 2 is 1.58 bits per heavy atom. The largest absolute Gasteiger partial charge is 0.365 e. The lowest BCUT2D eigenvalue weighted by atomic mass is 10.1. The van der Waals surface area contributed by atoms with Crippen molar-refractivity contribution in [3.8, 4) is 0 Å². The molecule has 0 aliphatic carbocycles. The maximum absolute atomic E-state index is 12.9. The van der Waals surface area contributed by atoms with Crippen LogP contribution in [0.25, 0.3) is 0 Å². The molecular formula is C27H25BrCl5N3O2. The van der Waals surface area contributed by atoms with E-state index in [4.69, 9.17) is 62.7 Å². The first-order valence-corrected chi connectivity index (χ1v) is 13.4. The van der Waals surface area contributed by atoms with Gasteiger partial charge in [-0.05, 0) is 54.4 Å². The van der Waals surface area contributed by atoms with Gasteiger partial charge in [0.25, 0.3) is 0 Å². The van der Waals surface area contributed by atoms with Crippen LogP contribution in [0.4, 0.5) is 5.69 Å². The molecule has 3 atom stereocenters. The van der Waals surface area contributed by atoms with E-state index in [1.54, 1.807) is 36.4 Å². The Balaban J connectivity index is 0.00000400. The molecule has 1 amide bonds. The van der Waals surface area contributed by atoms with Crippen LogP contribution in [0.3, 0.4) is 0 Å². The van der Waals surface area contributed by atoms with E-state index in [1.807, 2.05) is 59.5 Å². The predicted molar refractivity (Wildman–Crippen MR) is 163 cm³/mol. The quantitative estimate of drug-likeness (QED) is 0.181. The second-order valence-corrected chi connectivity index (χ2v) is 10.6. The fraction of sp³-hybridized carbons (Fsp3) is 0.222. The Bertz CT molecular complexity index is 1280. The average molecular weight is 681 g/mol. The molecule has 1 heterocycles. The highest BCUT2D eigenvalue weighted by Crippen LogP contribution is 2.33. The number of alkyl halides is 1. The van der Waals surface area contributed by atoms with Gasteiger partial charge in [0.1, 0.15) is 17.6 Å². The molecule has 4 rings (SSSR count). The Morgan fingerprint density at radius 3 is 2.26 bits per heavy atom. The minimum Gasteiger partial charge on any atom is -0.365 e. The minimum atomic E-state index is -0.590. The second kappa shape index (κ2) is 14.1. The molecule has 1 N–H and O–H groups in total. The minimum absolute atomic E-state index is 0. The number of para-hydroxylation sites is 1. The van der Waals surface area contributed by atoms with Crippen LogP contribution in [0.5, 0.6) is 0 Å². The standard InChI is InChI=1S/C27H24Cl5N3O2.BrH/c1-17(27(36)33-24-5-3-2-4-22(24)30)34-12-13-35(16-34)26(32)25(18-6-9-20(28)10-7-18)37-15-19-8-11-21(29)14-23(19)31;/h2-14,17,25-26H,15-16H2,1H3,(H,33,36);1H. The molecule has 38 heavy (non-hydrogen) atoms. The molecule has 11 heteroatoms. The van der Waals surface area contributed by atoms with Gasteiger partial charge in [0.2, 0.25) is 5.91 Å². The lowest BCUT2D eigenvalue weighted by Gasteiger charge is -2.33. The highest BCUT2D eigenvalue weighted by molar-refractivity contribution is 8.93. The van der Waals surface area contributed by atoms with Gasteiger partial charge >= 0.3 is 0 Å². The SMILES string of the molecule is Br.CC(C(=O)Nc1ccccc1Cl)N1C=CN(C(Cl)C(OCc2ccc(Cl)cc2Cl)c2ccc(Cl)cc2)C1. The lowest BCUT2D eigenvalue weighted by molar-refractivity contribution is -0.120. The molecular weight excluding hydrogens is 655 g/mol. The lowest BCUT2D eigenvalue weighted by Crippen LogP contribution is -2.42. The molecule has 0 spiro atoms. The van der Waals surface area contributed by atoms with Gasteiger partial charge in [-0.3, -0.25) is 4.79 Å². The van der Waals surface area contributed by atoms with Gasteiger partial charge < -0.3 is 19.9 Å². The second-order valence-electron chi connectivity index (χ2n) is 8.50. The number of ether oxygens (including phenoxy) is 1. The van der Waals surface area contributed by atoms with Gasteiger partial charge in [-0.1, -0.05) is 88.3 Å². The Hall–Kier alpha value is -1.64. The third-order valence-corrected chi connectivity index (χ3v) is 7.63. The monoisotopic (exact) mass is 677 g/mol. The molecule has 1 aliphatic heterocycles. The van der Waals surface area contributed by atoms with Gasteiger partial charge in [0.15, 0.2) is 0 Å². The van der Waals surface area contributed by atoms with Crippen LogP contribution in [0, 0.1) is 0 Å². The molecule has 202 valence electrons. The van der Waals surface area contributed by atoms with Crippen LogP contribution in [0.1, 0.15) is 24.2 Å². The number of rotatable bonds is 9. The number of carbonyl (C=O) groups excluding carboxylic acids is 1. The first-order valence-electron chi connectivity index (χ1n) is 11.4. The topological polar surface area (TPSA) is 44.8 Å². The Morgan fingerprint density at radius 1 is 0.921 bits per heavy atom. The van der Waals surface area contributed by atoms with Crippen molar-refractivity contribution >= 4 is 86.6 Å². The van der Waals surface area contributed by atoms with Gasteiger partial charge in [0.05, 0.1) is 24.0 Å². The van der Waals surface area contributed by atoms with Crippen LogP contribution in [0.2, 0.25) is 20.1 Å². The van der Waals surface area contributed by atoms with Crippen LogP contribution in [-0.2, 0) is 16.1 Å². The number of nitrogens with one attached hydrogen (secondary N) is 1. The smallest absolute Gasteiger partial charge is 0.246 e. The normalized spacial score (nSPS) is 15.1. The summed E-state index contributed by atoms with van der Waals surface area (Å²) in [5.41, 5.74) is 1.61. The van der Waals surface area contributed by atoms with Crippen LogP contribution < -0.4 is 5.32 Å². The predicted octanol–water partition coefficient (Wildman–Crippen LogP) is 8.77. The summed E-state index contributed by atoms with van der Waals surface area (Å²) < 4.78 is 6.29. The summed E-state index contributed by atoms with van der Waals surface area (Å²) in [4.78, 5) is 16.7. The molecule has 3 unspecified atom stereocenters. The third-order valence-electron chi connectivity index (χ3n) is 5.98. The van der Waals surface area contributed by atoms with Crippen molar-refractivity contribution in [2.45, 2.75) is 31.2 Å². The summed E-state index contributed by atoms with van der Waals surface area (Å²) in [5, 5.41) is 5.03. The molecule has 5 nitrogen and oxygen atoms in total. The molecule has 3 aromatic rings. The van der Waals surface area contributed by atoms with E-state index in [0.717, 1.165) is 11.1 Å². The van der Waals surface area contributed by atoms with Gasteiger partial charge in [-0.15, -0.1) is 17.0 Å². The first kappa shape index (κ1) is 30.9. The number of hydrogen-bond donors (Lipinski definition) is 1. The number of nitrogens with zero attached hydrogens (tertiary/aromatic N) is 2. The van der Waals surface area contributed by atoms with E-state index in [-0.39, 0.29) is 29.5 Å². The van der Waals surface area contributed by atoms with Crippen LogP contribution in [-0.4, -0.2) is 33.9 Å². The van der Waals surface area contributed by atoms with Crippen molar-refractivity contribution in [3.05, 3.63) is 110 Å². The first-order chi connectivity index (χ1) is 17.7. The molecule has 1 aliphatic rings. The summed E-state index contributed by atoms with van der Waals surface area (Å²) in [6.07, 6.45) is 3.15. The molecule has 0 fully saturated rings. The number of anilines is 1. The van der Waals surface area contributed by atoms with Crippen molar-refractivity contribution in [1.82, 2.24) is 9.80 Å². The maximum Gasteiger partial charge on any atom is 0.246 e. The van der Waals surface area contributed by atoms with Crippen molar-refractivity contribution in [3.63, 3.8) is 0 Å². The molecule has 0 saturated carbocycles. The van der Waals surface area contributed by atoms with Gasteiger partial charge in [-0.25, -0.2) is 0 Å². The average Bonchev–Trinajstić information content (AvgIpc) is 3.37. The summed E-state index contributed by atoms with van der Waals surface area (Å²) in [7, 11) is 0. The zero-order valence-corrected chi connectivity index (χ0v) is 25.7. The van der Waals surface area contributed by atoms with Crippen molar-refractivity contribution in [2.24, 2.45) is 0 Å². The van der Waals surface area contributed by atoms with Crippen molar-refractivity contribution in [1.29, 1.82) is 0 Å². The fourth-order valence-corrected chi connectivity index (χ4v) is 4.91. The zero-order valence-electron chi connectivity index (χ0n) is 20.2. The molecule has 0 aromatic heterocycles. The van der Waals surface area contributed by atoms with E-state index < -0.39 is 17.6 Å². The number of halogens is 6. The summed E-state index contributed by atoms with van der Waals surface area (Å²) in [5.74, 6) is -0.186. The van der Waals surface area contributed by atoms with Crippen LogP contribution in [0.15, 0.2) is 79.1 Å². The van der Waals surface area contributed by atoms with Crippen LogP contribution >= 0.6 is 75.0 Å². The summed E-state index contributed by atoms with van der Waals surface area (Å²) in [6.45, 7) is 2.43. The van der Waals surface area contributed by atoms with Gasteiger partial charge in [0, 0.05) is 27.5 Å². The number of carbonyl (C=O) groups is 1. The molecule has 0 radical (unpaired) electrons. The number of amides is 1. The van der Waals surface area contributed by atoms with E-state index in [1.165, 1.54) is 0 Å². The molecule has 0 bridgehead atoms. The van der Waals surface area contributed by atoms with E-state index in [9.17, 15) is 4.79 Å². The van der Waals surface area contributed by atoms with E-state index in [2.05, 4.69) is 5.32 Å². The molecule has 0 saturated heterocycles. The summed E-state index contributed by atoms with van der Waals surface area (Å²) >= 11 is 31.6. The van der Waals surface area contributed by atoms with Gasteiger partial charge in [-0.2, -0.15) is 0 Å². The highest BCUT2D eigenvalue weighted by Gasteiger charge is 2.32. The highest BCUT2D eigenvalue weighted by atomic mass is 79.9. The van der Waals surface area contributed by atoms with Crippen molar-refractivity contribution < 1.29 is 9.53 Å². The van der Waals surface area contributed by atoms with E-state index >= 15 is 0 Å².